The van der Waals surface area contributed by atoms with Gasteiger partial charge >= 0.3 is 5.97 Å². The van der Waals surface area contributed by atoms with Crippen molar-refractivity contribution in [1.82, 2.24) is 14.8 Å². The van der Waals surface area contributed by atoms with Gasteiger partial charge in [-0.2, -0.15) is 5.10 Å². The topological polar surface area (TPSA) is 68.0 Å². The van der Waals surface area contributed by atoms with E-state index in [0.717, 1.165) is 4.88 Å². The summed E-state index contributed by atoms with van der Waals surface area (Å²) < 4.78 is 1.38. The van der Waals surface area contributed by atoms with Crippen molar-refractivity contribution in [3.05, 3.63) is 22.5 Å². The van der Waals surface area contributed by atoms with E-state index in [1.165, 1.54) is 16.0 Å². The molecule has 0 amide bonds. The van der Waals surface area contributed by atoms with Crippen molar-refractivity contribution in [2.75, 3.05) is 0 Å². The van der Waals surface area contributed by atoms with Crippen molar-refractivity contribution in [3.63, 3.8) is 0 Å². The van der Waals surface area contributed by atoms with Gasteiger partial charge in [0, 0.05) is 18.1 Å². The zero-order chi connectivity index (χ0) is 11.9. The fourth-order valence-corrected chi connectivity index (χ4v) is 2.49. The number of aromatic nitrogens is 3. The first-order valence-corrected chi connectivity index (χ1v) is 5.52. The molecule has 0 saturated carbocycles. The molecule has 0 aliphatic heterocycles. The number of nitrogens with zero attached hydrogens (tertiary/aromatic N) is 3. The van der Waals surface area contributed by atoms with Gasteiger partial charge in [-0.3, -0.25) is 4.68 Å². The van der Waals surface area contributed by atoms with Crippen LogP contribution >= 0.6 is 11.3 Å². The minimum Gasteiger partial charge on any atom is -0.477 e. The van der Waals surface area contributed by atoms with Crippen LogP contribution in [0.2, 0.25) is 0 Å². The Kier molecular flexibility index (Phi) is 2.51. The normalized spacial score (nSPS) is 10.7. The lowest BCUT2D eigenvalue weighted by atomic mass is 10.2. The van der Waals surface area contributed by atoms with E-state index < -0.39 is 5.97 Å². The third kappa shape index (κ3) is 1.61. The van der Waals surface area contributed by atoms with Crippen molar-refractivity contribution in [3.8, 4) is 10.6 Å². The van der Waals surface area contributed by atoms with Crippen LogP contribution in [0.15, 0.2) is 6.20 Å². The molecule has 2 rings (SSSR count). The van der Waals surface area contributed by atoms with Crippen LogP contribution in [-0.4, -0.2) is 25.8 Å². The smallest absolute Gasteiger partial charge is 0.354 e. The Labute approximate surface area is 96.4 Å². The van der Waals surface area contributed by atoms with Crippen LogP contribution in [0, 0.1) is 13.8 Å². The highest BCUT2D eigenvalue weighted by molar-refractivity contribution is 7.15. The predicted molar refractivity (Wildman–Crippen MR) is 60.7 cm³/mol. The third-order valence-corrected chi connectivity index (χ3v) is 3.19. The Hall–Kier alpha value is -1.69. The van der Waals surface area contributed by atoms with Crippen LogP contribution in [-0.2, 0) is 7.05 Å². The maximum atomic E-state index is 11.2. The first kappa shape index (κ1) is 10.8. The van der Waals surface area contributed by atoms with Gasteiger partial charge in [0.05, 0.1) is 11.3 Å². The Balaban J connectivity index is 2.68. The maximum Gasteiger partial charge on any atom is 0.354 e. The van der Waals surface area contributed by atoms with Gasteiger partial charge in [-0.05, 0) is 13.8 Å². The lowest BCUT2D eigenvalue weighted by Gasteiger charge is -1.97. The number of aromatic carboxylic acids is 1. The van der Waals surface area contributed by atoms with E-state index >= 15 is 0 Å². The minimum atomic E-state index is -0.981. The molecule has 2 heterocycles. The van der Waals surface area contributed by atoms with E-state index in [-0.39, 0.29) is 5.69 Å². The summed E-state index contributed by atoms with van der Waals surface area (Å²) in [4.78, 5) is 16.4. The Morgan fingerprint density at radius 1 is 1.50 bits per heavy atom. The molecule has 0 spiro atoms. The van der Waals surface area contributed by atoms with Crippen molar-refractivity contribution < 1.29 is 9.90 Å². The zero-order valence-electron chi connectivity index (χ0n) is 9.18. The molecule has 0 fully saturated rings. The molecule has 0 aliphatic rings. The molecule has 6 heteroatoms. The van der Waals surface area contributed by atoms with Crippen molar-refractivity contribution >= 4 is 17.3 Å². The largest absolute Gasteiger partial charge is 0.477 e. The van der Waals surface area contributed by atoms with E-state index in [0.29, 0.717) is 16.3 Å². The fraction of sp³-hybridized carbons (Fsp3) is 0.300. The number of carboxylic acid groups (broad SMARTS) is 1. The van der Waals surface area contributed by atoms with Crippen LogP contribution in [0.25, 0.3) is 10.6 Å². The molecule has 0 atom stereocenters. The van der Waals surface area contributed by atoms with Gasteiger partial charge in [-0.15, -0.1) is 11.3 Å². The maximum absolute atomic E-state index is 11.2. The van der Waals surface area contributed by atoms with E-state index in [2.05, 4.69) is 10.1 Å². The fourth-order valence-electron chi connectivity index (χ4n) is 1.63. The van der Waals surface area contributed by atoms with Crippen LogP contribution in [0.1, 0.15) is 21.1 Å². The number of aryl methyl sites for hydroxylation is 3. The highest BCUT2D eigenvalue weighted by atomic mass is 32.1. The van der Waals surface area contributed by atoms with Gasteiger partial charge in [0.1, 0.15) is 5.01 Å². The number of carboxylic acids is 1. The second kappa shape index (κ2) is 3.71. The second-order valence-corrected chi connectivity index (χ2v) is 4.75. The molecular weight excluding hydrogens is 226 g/mol. The average molecular weight is 237 g/mol. The second-order valence-electron chi connectivity index (χ2n) is 3.51. The van der Waals surface area contributed by atoms with E-state index in [1.807, 2.05) is 6.92 Å². The number of thiazole rings is 1. The minimum absolute atomic E-state index is 0.187. The van der Waals surface area contributed by atoms with Gasteiger partial charge in [-0.25, -0.2) is 9.78 Å². The molecular formula is C10H11N3O2S. The number of hydrogen-bond donors (Lipinski definition) is 1. The summed E-state index contributed by atoms with van der Waals surface area (Å²) in [7, 11) is 1.63. The van der Waals surface area contributed by atoms with Gasteiger partial charge in [0.2, 0.25) is 0 Å². The summed E-state index contributed by atoms with van der Waals surface area (Å²) >= 11 is 1.47. The van der Waals surface area contributed by atoms with Gasteiger partial charge in [-0.1, -0.05) is 0 Å². The molecule has 2 aromatic heterocycles. The SMILES string of the molecule is Cc1cnc(-c2c(C)nn(C)c2C(=O)O)s1. The highest BCUT2D eigenvalue weighted by Gasteiger charge is 2.22. The summed E-state index contributed by atoms with van der Waals surface area (Å²) in [5.41, 5.74) is 1.49. The zero-order valence-corrected chi connectivity index (χ0v) is 10.00. The molecule has 0 radical (unpaired) electrons. The van der Waals surface area contributed by atoms with Crippen LogP contribution in [0.4, 0.5) is 0 Å². The first-order valence-electron chi connectivity index (χ1n) is 4.70. The van der Waals surface area contributed by atoms with Crippen molar-refractivity contribution in [2.24, 2.45) is 7.05 Å². The lowest BCUT2D eigenvalue weighted by Crippen LogP contribution is -2.06. The molecule has 5 nitrogen and oxygen atoms in total. The molecule has 1 N–H and O–H groups in total. The molecule has 0 bridgehead atoms. The summed E-state index contributed by atoms with van der Waals surface area (Å²) in [6.45, 7) is 3.73. The van der Waals surface area contributed by atoms with E-state index in [9.17, 15) is 4.79 Å². The Bertz CT molecular complexity index is 556. The summed E-state index contributed by atoms with van der Waals surface area (Å²) in [5.74, 6) is -0.981. The van der Waals surface area contributed by atoms with Crippen molar-refractivity contribution in [2.45, 2.75) is 13.8 Å². The Morgan fingerprint density at radius 2 is 2.19 bits per heavy atom. The standard InChI is InChI=1S/C10H11N3O2S/c1-5-4-11-9(16-5)7-6(2)12-13(3)8(7)10(14)15/h4H,1-3H3,(H,14,15). The monoisotopic (exact) mass is 237 g/mol. The quantitative estimate of drug-likeness (QED) is 0.865. The lowest BCUT2D eigenvalue weighted by molar-refractivity contribution is 0.0686. The number of hydrogen-bond acceptors (Lipinski definition) is 4. The molecule has 16 heavy (non-hydrogen) atoms. The molecule has 0 saturated heterocycles. The molecule has 84 valence electrons. The van der Waals surface area contributed by atoms with E-state index in [4.69, 9.17) is 5.11 Å². The highest BCUT2D eigenvalue weighted by Crippen LogP contribution is 2.30. The molecule has 0 unspecified atom stereocenters. The molecule has 2 aromatic rings. The van der Waals surface area contributed by atoms with Crippen LogP contribution in [0.3, 0.4) is 0 Å². The predicted octanol–water partition coefficient (Wildman–Crippen LogP) is 1.86. The summed E-state index contributed by atoms with van der Waals surface area (Å²) in [6, 6.07) is 0. The molecule has 0 aromatic carbocycles. The summed E-state index contributed by atoms with van der Waals surface area (Å²) in [6.07, 6.45) is 1.73. The van der Waals surface area contributed by atoms with Gasteiger partial charge in [0.25, 0.3) is 0 Å². The molecule has 0 aliphatic carbocycles. The summed E-state index contributed by atoms with van der Waals surface area (Å²) in [5, 5.41) is 14.0. The Morgan fingerprint density at radius 3 is 2.69 bits per heavy atom. The van der Waals surface area contributed by atoms with Crippen LogP contribution < -0.4 is 0 Å². The van der Waals surface area contributed by atoms with Crippen molar-refractivity contribution in [1.29, 1.82) is 0 Å². The van der Waals surface area contributed by atoms with Gasteiger partial charge < -0.3 is 5.11 Å². The van der Waals surface area contributed by atoms with Crippen LogP contribution in [0.5, 0.6) is 0 Å². The number of rotatable bonds is 2. The first-order chi connectivity index (χ1) is 7.50. The third-order valence-electron chi connectivity index (χ3n) is 2.26. The average Bonchev–Trinajstić information content (AvgIpc) is 2.69. The number of carbonyl (C=O) groups is 1. The van der Waals surface area contributed by atoms with E-state index in [1.54, 1.807) is 20.2 Å². The van der Waals surface area contributed by atoms with Gasteiger partial charge in [0.15, 0.2) is 5.69 Å².